The van der Waals surface area contributed by atoms with Crippen molar-refractivity contribution in [3.05, 3.63) is 18.5 Å². The number of hydrogen-bond donors (Lipinski definition) is 1. The fourth-order valence-corrected chi connectivity index (χ4v) is 2.04. The number of rotatable bonds is 2. The van der Waals surface area contributed by atoms with E-state index in [4.69, 9.17) is 5.21 Å². The molecular formula is C9H13N3O. The van der Waals surface area contributed by atoms with Crippen LogP contribution in [0.25, 0.3) is 0 Å². The van der Waals surface area contributed by atoms with Crippen LogP contribution in [-0.4, -0.2) is 21.2 Å². The van der Waals surface area contributed by atoms with Crippen molar-refractivity contribution in [3.8, 4) is 0 Å². The van der Waals surface area contributed by atoms with Gasteiger partial charge in [-0.2, -0.15) is 5.10 Å². The van der Waals surface area contributed by atoms with E-state index in [0.717, 1.165) is 12.8 Å². The van der Waals surface area contributed by atoms with Crippen molar-refractivity contribution < 1.29 is 5.21 Å². The third-order valence-corrected chi connectivity index (χ3v) is 2.73. The minimum atomic E-state index is -0.168. The minimum Gasteiger partial charge on any atom is -0.411 e. The number of aromatic nitrogens is 2. The fourth-order valence-electron chi connectivity index (χ4n) is 2.04. The minimum absolute atomic E-state index is 0.168. The van der Waals surface area contributed by atoms with Crippen molar-refractivity contribution in [2.45, 2.75) is 31.2 Å². The van der Waals surface area contributed by atoms with Gasteiger partial charge in [-0.15, -0.1) is 0 Å². The molecule has 13 heavy (non-hydrogen) atoms. The lowest BCUT2D eigenvalue weighted by Gasteiger charge is -2.23. The highest BCUT2D eigenvalue weighted by Crippen LogP contribution is 2.34. The standard InChI is InChI=1S/C9H13N3O/c13-11-8-9(4-1-2-5-9)12-7-3-6-10-12/h3,6-8,13H,1-2,4-5H2. The second-order valence-electron chi connectivity index (χ2n) is 3.51. The quantitative estimate of drug-likeness (QED) is 0.426. The Bertz CT molecular complexity index is 286. The zero-order valence-corrected chi connectivity index (χ0v) is 7.43. The Morgan fingerprint density at radius 3 is 2.77 bits per heavy atom. The highest BCUT2D eigenvalue weighted by atomic mass is 16.4. The molecule has 1 N–H and O–H groups in total. The van der Waals surface area contributed by atoms with Gasteiger partial charge in [0.15, 0.2) is 0 Å². The van der Waals surface area contributed by atoms with E-state index in [0.29, 0.717) is 0 Å². The molecule has 0 bridgehead atoms. The van der Waals surface area contributed by atoms with Crippen LogP contribution in [0.3, 0.4) is 0 Å². The van der Waals surface area contributed by atoms with Crippen molar-refractivity contribution in [1.29, 1.82) is 0 Å². The van der Waals surface area contributed by atoms with Gasteiger partial charge in [0.2, 0.25) is 0 Å². The van der Waals surface area contributed by atoms with E-state index in [9.17, 15) is 0 Å². The molecule has 0 radical (unpaired) electrons. The van der Waals surface area contributed by atoms with Crippen molar-refractivity contribution in [2.24, 2.45) is 5.16 Å². The number of oxime groups is 1. The predicted molar refractivity (Wildman–Crippen MR) is 48.9 cm³/mol. The van der Waals surface area contributed by atoms with E-state index in [1.807, 2.05) is 16.9 Å². The molecule has 0 aliphatic heterocycles. The monoisotopic (exact) mass is 179 g/mol. The Hall–Kier alpha value is -1.32. The SMILES string of the molecule is ON=CC1(n2cccn2)CCCC1. The van der Waals surface area contributed by atoms with E-state index in [1.165, 1.54) is 12.8 Å². The Morgan fingerprint density at radius 1 is 1.46 bits per heavy atom. The van der Waals surface area contributed by atoms with Crippen LogP contribution in [0.5, 0.6) is 0 Å². The predicted octanol–water partition coefficient (Wildman–Crippen LogP) is 1.61. The Balaban J connectivity index is 2.33. The van der Waals surface area contributed by atoms with Gasteiger partial charge in [-0.3, -0.25) is 4.68 Å². The second-order valence-corrected chi connectivity index (χ2v) is 3.51. The third kappa shape index (κ3) is 1.32. The van der Waals surface area contributed by atoms with Crippen LogP contribution in [0.15, 0.2) is 23.6 Å². The van der Waals surface area contributed by atoms with Crippen molar-refractivity contribution >= 4 is 6.21 Å². The molecule has 70 valence electrons. The largest absolute Gasteiger partial charge is 0.411 e. The van der Waals surface area contributed by atoms with Gasteiger partial charge < -0.3 is 5.21 Å². The highest BCUT2D eigenvalue weighted by molar-refractivity contribution is 5.67. The molecule has 0 atom stereocenters. The zero-order valence-electron chi connectivity index (χ0n) is 7.43. The molecular weight excluding hydrogens is 166 g/mol. The van der Waals surface area contributed by atoms with Gasteiger partial charge in [-0.05, 0) is 18.9 Å². The lowest BCUT2D eigenvalue weighted by Crippen LogP contribution is -2.32. The summed E-state index contributed by atoms with van der Waals surface area (Å²) in [6.45, 7) is 0. The Labute approximate surface area is 76.9 Å². The van der Waals surface area contributed by atoms with Crippen LogP contribution >= 0.6 is 0 Å². The average Bonchev–Trinajstić information content (AvgIpc) is 2.73. The molecule has 0 spiro atoms. The normalized spacial score (nSPS) is 21.2. The molecule has 1 heterocycles. The van der Waals surface area contributed by atoms with Crippen LogP contribution in [0, 0.1) is 0 Å². The van der Waals surface area contributed by atoms with Gasteiger partial charge >= 0.3 is 0 Å². The van der Waals surface area contributed by atoms with Gasteiger partial charge in [0.25, 0.3) is 0 Å². The van der Waals surface area contributed by atoms with E-state index >= 15 is 0 Å². The van der Waals surface area contributed by atoms with E-state index in [2.05, 4.69) is 10.3 Å². The van der Waals surface area contributed by atoms with Crippen LogP contribution < -0.4 is 0 Å². The molecule has 1 fully saturated rings. The molecule has 1 aromatic heterocycles. The molecule has 1 saturated carbocycles. The summed E-state index contributed by atoms with van der Waals surface area (Å²) >= 11 is 0. The summed E-state index contributed by atoms with van der Waals surface area (Å²) in [7, 11) is 0. The van der Waals surface area contributed by atoms with Gasteiger partial charge in [0, 0.05) is 12.4 Å². The first-order valence-corrected chi connectivity index (χ1v) is 4.56. The summed E-state index contributed by atoms with van der Waals surface area (Å²) in [6, 6.07) is 1.89. The van der Waals surface area contributed by atoms with Gasteiger partial charge in [0.05, 0.1) is 6.21 Å². The smallest absolute Gasteiger partial charge is 0.101 e. The van der Waals surface area contributed by atoms with Crippen LogP contribution in [0.4, 0.5) is 0 Å². The summed E-state index contributed by atoms with van der Waals surface area (Å²) in [5.41, 5.74) is -0.168. The second kappa shape index (κ2) is 3.20. The maximum Gasteiger partial charge on any atom is 0.101 e. The molecule has 1 aliphatic rings. The van der Waals surface area contributed by atoms with E-state index in [-0.39, 0.29) is 5.54 Å². The van der Waals surface area contributed by atoms with Gasteiger partial charge in [-0.25, -0.2) is 0 Å². The Kier molecular flexibility index (Phi) is 2.04. The molecule has 4 nitrogen and oxygen atoms in total. The van der Waals surface area contributed by atoms with E-state index in [1.54, 1.807) is 12.4 Å². The maximum atomic E-state index is 8.62. The first-order valence-electron chi connectivity index (χ1n) is 4.56. The van der Waals surface area contributed by atoms with Crippen LogP contribution in [0.1, 0.15) is 25.7 Å². The van der Waals surface area contributed by atoms with Gasteiger partial charge in [0.1, 0.15) is 5.54 Å². The first-order chi connectivity index (χ1) is 6.37. The summed E-state index contributed by atoms with van der Waals surface area (Å²) in [5, 5.41) is 16.0. The zero-order chi connectivity index (χ0) is 9.15. The van der Waals surface area contributed by atoms with Gasteiger partial charge in [-0.1, -0.05) is 18.0 Å². The number of hydrogen-bond acceptors (Lipinski definition) is 3. The molecule has 0 amide bonds. The molecule has 0 aromatic carbocycles. The average molecular weight is 179 g/mol. The summed E-state index contributed by atoms with van der Waals surface area (Å²) in [4.78, 5) is 0. The third-order valence-electron chi connectivity index (χ3n) is 2.73. The van der Waals surface area contributed by atoms with Crippen LogP contribution in [-0.2, 0) is 5.54 Å². The van der Waals surface area contributed by atoms with Crippen LogP contribution in [0.2, 0.25) is 0 Å². The van der Waals surface area contributed by atoms with Crippen molar-refractivity contribution in [2.75, 3.05) is 0 Å². The van der Waals surface area contributed by atoms with Crippen molar-refractivity contribution in [3.63, 3.8) is 0 Å². The molecule has 1 aliphatic carbocycles. The maximum absolute atomic E-state index is 8.62. The lowest BCUT2D eigenvalue weighted by molar-refractivity contribution is 0.303. The molecule has 2 rings (SSSR count). The summed E-state index contributed by atoms with van der Waals surface area (Å²) in [5.74, 6) is 0. The fraction of sp³-hybridized carbons (Fsp3) is 0.556. The molecule has 0 unspecified atom stereocenters. The van der Waals surface area contributed by atoms with Crippen molar-refractivity contribution in [1.82, 2.24) is 9.78 Å². The topological polar surface area (TPSA) is 50.4 Å². The first kappa shape index (κ1) is 8.29. The lowest BCUT2D eigenvalue weighted by atomic mass is 10.0. The molecule has 0 saturated heterocycles. The molecule has 1 aromatic rings. The summed E-state index contributed by atoms with van der Waals surface area (Å²) < 4.78 is 1.89. The number of nitrogens with zero attached hydrogens (tertiary/aromatic N) is 3. The summed E-state index contributed by atoms with van der Waals surface area (Å²) in [6.07, 6.45) is 9.65. The highest BCUT2D eigenvalue weighted by Gasteiger charge is 2.34. The van der Waals surface area contributed by atoms with E-state index < -0.39 is 0 Å². The molecule has 4 heteroatoms. The Morgan fingerprint density at radius 2 is 2.23 bits per heavy atom.